The minimum absolute atomic E-state index is 0.465. The molecule has 0 heterocycles. The van der Waals surface area contributed by atoms with Gasteiger partial charge < -0.3 is 9.84 Å². The number of carbonyl (C=O) groups excluding carboxylic acids is 1. The Balaban J connectivity index is 6.08. The van der Waals surface area contributed by atoms with Crippen LogP contribution in [0.15, 0.2) is 11.9 Å². The second kappa shape index (κ2) is 5.98. The Morgan fingerprint density at radius 3 is 1.89 bits per heavy atom. The second-order valence-corrected chi connectivity index (χ2v) is 3.43. The quantitative estimate of drug-likeness (QED) is 0.464. The molecule has 0 rings (SSSR count). The van der Waals surface area contributed by atoms with E-state index in [1.165, 1.54) is 6.92 Å². The lowest BCUT2D eigenvalue weighted by Crippen LogP contribution is -2.54. The predicted octanol–water partition coefficient (Wildman–Crippen LogP) is 2.74. The van der Waals surface area contributed by atoms with Crippen LogP contribution in [0.2, 0.25) is 0 Å². The van der Waals surface area contributed by atoms with Crippen molar-refractivity contribution in [3.63, 3.8) is 0 Å². The molecular weight excluding hydrogens is 279 g/mol. The highest BCUT2D eigenvalue weighted by atomic mass is 19.3. The third-order valence-electron chi connectivity index (χ3n) is 2.50. The van der Waals surface area contributed by atoms with Gasteiger partial charge in [-0.1, -0.05) is 6.92 Å². The second-order valence-electron chi connectivity index (χ2n) is 3.43. The fourth-order valence-corrected chi connectivity index (χ4v) is 1.43. The Bertz CT molecular complexity index is 403. The topological polar surface area (TPSA) is 63.6 Å². The normalized spacial score (nSPS) is 14.5. The van der Waals surface area contributed by atoms with Crippen LogP contribution in [-0.2, 0) is 14.3 Å². The van der Waals surface area contributed by atoms with Crippen molar-refractivity contribution in [2.75, 3.05) is 6.61 Å². The van der Waals surface area contributed by atoms with Crippen LogP contribution >= 0.6 is 0 Å². The van der Waals surface area contributed by atoms with Crippen LogP contribution < -0.4 is 0 Å². The van der Waals surface area contributed by atoms with E-state index in [4.69, 9.17) is 5.11 Å². The van der Waals surface area contributed by atoms with Gasteiger partial charge in [0.15, 0.2) is 0 Å². The maximum atomic E-state index is 13.6. The first-order valence-electron chi connectivity index (χ1n) is 5.09. The van der Waals surface area contributed by atoms with E-state index in [-0.39, 0.29) is 0 Å². The molecule has 0 spiro atoms. The van der Waals surface area contributed by atoms with Gasteiger partial charge in [-0.3, -0.25) is 9.59 Å². The number of carboxylic acid groups (broad SMARTS) is 1. The number of hydrogen-bond donors (Lipinski definition) is 1. The van der Waals surface area contributed by atoms with E-state index in [1.807, 2.05) is 0 Å². The number of alkyl halides is 2. The first kappa shape index (κ1) is 17.3. The maximum absolute atomic E-state index is 13.6. The maximum Gasteiger partial charge on any atom is 0.330 e. The monoisotopic (exact) mass is 290 g/mol. The summed E-state index contributed by atoms with van der Waals surface area (Å²) in [6.45, 7) is 1.55. The molecular formula is C10H11F5O4. The van der Waals surface area contributed by atoms with Crippen molar-refractivity contribution < 1.29 is 41.4 Å². The van der Waals surface area contributed by atoms with Gasteiger partial charge in [0.25, 0.3) is 0 Å². The highest BCUT2D eigenvalue weighted by Gasteiger charge is 2.68. The lowest BCUT2D eigenvalue weighted by molar-refractivity contribution is -0.196. The summed E-state index contributed by atoms with van der Waals surface area (Å²) in [6, 6.07) is 0. The number of ether oxygens (including phenoxy) is 1. The van der Waals surface area contributed by atoms with Gasteiger partial charge in [-0.25, -0.2) is 0 Å². The Hall–Kier alpha value is -1.67. The van der Waals surface area contributed by atoms with Crippen LogP contribution in [0.5, 0.6) is 0 Å². The molecule has 0 saturated carbocycles. The standard InChI is InChI=1S/C10H11F5O4/c1-3-9(7(16)17,8(18)19-4-2)10(14,15)5(11)6(12)13/h3-4H2,1-2H3,(H,16,17). The molecule has 0 aromatic heterocycles. The zero-order valence-corrected chi connectivity index (χ0v) is 9.98. The van der Waals surface area contributed by atoms with Crippen LogP contribution in [0.1, 0.15) is 20.3 Å². The predicted molar refractivity (Wildman–Crippen MR) is 52.3 cm³/mol. The number of carbonyl (C=O) groups is 2. The summed E-state index contributed by atoms with van der Waals surface area (Å²) in [5, 5.41) is 8.77. The minimum Gasteiger partial charge on any atom is -0.480 e. The number of hydrogen-bond acceptors (Lipinski definition) is 3. The summed E-state index contributed by atoms with van der Waals surface area (Å²) in [5.74, 6) is -12.9. The molecule has 1 atom stereocenters. The average molecular weight is 290 g/mol. The van der Waals surface area contributed by atoms with Crippen LogP contribution in [0.25, 0.3) is 0 Å². The molecule has 9 heteroatoms. The van der Waals surface area contributed by atoms with Crippen molar-refractivity contribution in [2.45, 2.75) is 26.2 Å². The molecule has 0 aromatic rings. The fourth-order valence-electron chi connectivity index (χ4n) is 1.43. The summed E-state index contributed by atoms with van der Waals surface area (Å²) >= 11 is 0. The van der Waals surface area contributed by atoms with E-state index in [0.717, 1.165) is 6.92 Å². The van der Waals surface area contributed by atoms with Crippen molar-refractivity contribution in [1.29, 1.82) is 0 Å². The summed E-state index contributed by atoms with van der Waals surface area (Å²) in [7, 11) is 0. The van der Waals surface area contributed by atoms with Crippen molar-refractivity contribution in [3.8, 4) is 0 Å². The summed E-state index contributed by atoms with van der Waals surface area (Å²) in [6.07, 6.45) is -4.53. The molecule has 0 aliphatic carbocycles. The largest absolute Gasteiger partial charge is 0.480 e. The third-order valence-corrected chi connectivity index (χ3v) is 2.50. The number of rotatable bonds is 6. The Labute approximate surface area is 104 Å². The van der Waals surface area contributed by atoms with E-state index in [2.05, 4.69) is 4.74 Å². The zero-order valence-electron chi connectivity index (χ0n) is 9.98. The van der Waals surface area contributed by atoms with Gasteiger partial charge in [0.2, 0.25) is 11.2 Å². The SMILES string of the molecule is CCOC(=O)C(CC)(C(=O)O)C(F)(F)C(F)=C(F)F. The molecule has 0 amide bonds. The van der Waals surface area contributed by atoms with Crippen molar-refractivity contribution in [1.82, 2.24) is 0 Å². The van der Waals surface area contributed by atoms with E-state index < -0.39 is 48.2 Å². The summed E-state index contributed by atoms with van der Waals surface area (Å²) in [4.78, 5) is 22.3. The van der Waals surface area contributed by atoms with Gasteiger partial charge in [0, 0.05) is 0 Å². The van der Waals surface area contributed by atoms with Crippen molar-refractivity contribution in [3.05, 3.63) is 11.9 Å². The highest BCUT2D eigenvalue weighted by molar-refractivity contribution is 6.01. The van der Waals surface area contributed by atoms with Gasteiger partial charge in [-0.2, -0.15) is 22.0 Å². The first-order valence-corrected chi connectivity index (χ1v) is 5.09. The smallest absolute Gasteiger partial charge is 0.330 e. The molecule has 1 N–H and O–H groups in total. The van der Waals surface area contributed by atoms with Crippen molar-refractivity contribution in [2.24, 2.45) is 5.41 Å². The molecule has 110 valence electrons. The molecule has 0 radical (unpaired) electrons. The lowest BCUT2D eigenvalue weighted by Gasteiger charge is -2.32. The average Bonchev–Trinajstić information content (AvgIpc) is 2.28. The lowest BCUT2D eigenvalue weighted by atomic mass is 9.78. The van der Waals surface area contributed by atoms with E-state index in [1.54, 1.807) is 0 Å². The molecule has 0 aliphatic heterocycles. The molecule has 0 fully saturated rings. The van der Waals surface area contributed by atoms with Gasteiger partial charge in [0.1, 0.15) is 0 Å². The van der Waals surface area contributed by atoms with Crippen LogP contribution in [0, 0.1) is 5.41 Å². The van der Waals surface area contributed by atoms with Gasteiger partial charge in [-0.15, -0.1) is 0 Å². The Morgan fingerprint density at radius 2 is 1.63 bits per heavy atom. The molecule has 1 unspecified atom stereocenters. The first-order chi connectivity index (χ1) is 8.59. The molecule has 0 aromatic carbocycles. The molecule has 0 saturated heterocycles. The van der Waals surface area contributed by atoms with Crippen LogP contribution in [0.3, 0.4) is 0 Å². The molecule has 19 heavy (non-hydrogen) atoms. The number of esters is 1. The highest BCUT2D eigenvalue weighted by Crippen LogP contribution is 2.47. The van der Waals surface area contributed by atoms with Gasteiger partial charge >= 0.3 is 23.9 Å². The number of halogens is 5. The van der Waals surface area contributed by atoms with Crippen LogP contribution in [0.4, 0.5) is 22.0 Å². The molecule has 0 aliphatic rings. The number of carboxylic acids is 1. The fraction of sp³-hybridized carbons (Fsp3) is 0.600. The van der Waals surface area contributed by atoms with Gasteiger partial charge in [-0.05, 0) is 13.3 Å². The Morgan fingerprint density at radius 1 is 1.16 bits per heavy atom. The van der Waals surface area contributed by atoms with Gasteiger partial charge in [0.05, 0.1) is 6.61 Å². The Kier molecular flexibility index (Phi) is 5.46. The number of allylic oxidation sites excluding steroid dienone is 1. The van der Waals surface area contributed by atoms with Crippen LogP contribution in [-0.4, -0.2) is 29.6 Å². The van der Waals surface area contributed by atoms with Crippen molar-refractivity contribution >= 4 is 11.9 Å². The third kappa shape index (κ3) is 2.69. The minimum atomic E-state index is -5.22. The molecule has 4 nitrogen and oxygen atoms in total. The summed E-state index contributed by atoms with van der Waals surface area (Å²) < 4.78 is 68.2. The number of aliphatic carboxylic acids is 1. The van der Waals surface area contributed by atoms with E-state index in [9.17, 15) is 31.5 Å². The zero-order chi connectivity index (χ0) is 15.4. The van der Waals surface area contributed by atoms with E-state index in [0.29, 0.717) is 0 Å². The van der Waals surface area contributed by atoms with E-state index >= 15 is 0 Å². The molecule has 0 bridgehead atoms. The summed E-state index contributed by atoms with van der Waals surface area (Å²) in [5.41, 5.74) is -3.74.